The molecule has 2 unspecified atom stereocenters. The second-order valence-electron chi connectivity index (χ2n) is 4.45. The lowest BCUT2D eigenvalue weighted by Crippen LogP contribution is -2.25. The first-order chi connectivity index (χ1) is 7.72. The van der Waals surface area contributed by atoms with Crippen molar-refractivity contribution in [2.45, 2.75) is 39.3 Å². The van der Waals surface area contributed by atoms with Gasteiger partial charge in [-0.05, 0) is 32.8 Å². The van der Waals surface area contributed by atoms with Gasteiger partial charge < -0.3 is 9.84 Å². The first-order valence-electron chi connectivity index (χ1n) is 6.02. The van der Waals surface area contributed by atoms with Crippen molar-refractivity contribution in [3.8, 4) is 0 Å². The van der Waals surface area contributed by atoms with Crippen molar-refractivity contribution >= 4 is 0 Å². The fourth-order valence-electron chi connectivity index (χ4n) is 2.31. The average molecular weight is 224 g/mol. The van der Waals surface area contributed by atoms with Crippen LogP contribution < -0.4 is 0 Å². The van der Waals surface area contributed by atoms with Crippen molar-refractivity contribution in [1.82, 2.24) is 9.78 Å². The third-order valence-electron chi connectivity index (χ3n) is 3.18. The average Bonchev–Trinajstić information content (AvgIpc) is 2.70. The maximum Gasteiger partial charge on any atom is 0.101 e. The fraction of sp³-hybridized carbons (Fsp3) is 0.750. The van der Waals surface area contributed by atoms with E-state index in [1.54, 1.807) is 0 Å². The van der Waals surface area contributed by atoms with Crippen LogP contribution in [-0.4, -0.2) is 28.1 Å². The van der Waals surface area contributed by atoms with Crippen molar-refractivity contribution in [1.29, 1.82) is 0 Å². The zero-order chi connectivity index (χ0) is 11.5. The molecular formula is C12H20N2O2. The Bertz CT molecular complexity index is 343. The van der Waals surface area contributed by atoms with Crippen LogP contribution in [0.25, 0.3) is 0 Å². The highest BCUT2D eigenvalue weighted by Gasteiger charge is 2.26. The Morgan fingerprint density at radius 1 is 1.69 bits per heavy atom. The summed E-state index contributed by atoms with van der Waals surface area (Å²) >= 11 is 0. The summed E-state index contributed by atoms with van der Waals surface area (Å²) in [4.78, 5) is 0. The lowest BCUT2D eigenvalue weighted by Gasteiger charge is -2.26. The Morgan fingerprint density at radius 3 is 3.12 bits per heavy atom. The van der Waals surface area contributed by atoms with E-state index in [4.69, 9.17) is 4.74 Å². The molecule has 0 saturated carbocycles. The van der Waals surface area contributed by atoms with Gasteiger partial charge in [0.25, 0.3) is 0 Å². The maximum atomic E-state index is 10.3. The molecule has 1 aliphatic rings. The van der Waals surface area contributed by atoms with E-state index in [1.807, 2.05) is 24.6 Å². The van der Waals surface area contributed by atoms with Crippen molar-refractivity contribution < 1.29 is 9.84 Å². The smallest absolute Gasteiger partial charge is 0.101 e. The molecule has 16 heavy (non-hydrogen) atoms. The molecule has 1 fully saturated rings. The molecule has 4 heteroatoms. The van der Waals surface area contributed by atoms with Crippen molar-refractivity contribution in [3.05, 3.63) is 17.5 Å². The number of rotatable bonds is 3. The minimum atomic E-state index is -0.443. The molecular weight excluding hydrogens is 204 g/mol. The minimum absolute atomic E-state index is 0.218. The van der Waals surface area contributed by atoms with E-state index in [2.05, 4.69) is 5.10 Å². The van der Waals surface area contributed by atoms with E-state index in [-0.39, 0.29) is 5.92 Å². The van der Waals surface area contributed by atoms with Gasteiger partial charge in [-0.3, -0.25) is 4.68 Å². The summed E-state index contributed by atoms with van der Waals surface area (Å²) in [7, 11) is 0. The van der Waals surface area contributed by atoms with E-state index in [1.165, 1.54) is 0 Å². The molecule has 0 aromatic carbocycles. The number of nitrogens with zero attached hydrogens (tertiary/aromatic N) is 2. The molecule has 2 atom stereocenters. The summed E-state index contributed by atoms with van der Waals surface area (Å²) in [6.07, 6.45) is 1.64. The number of aliphatic hydroxyl groups is 1. The van der Waals surface area contributed by atoms with Crippen molar-refractivity contribution in [2.75, 3.05) is 13.2 Å². The van der Waals surface area contributed by atoms with Gasteiger partial charge in [0.15, 0.2) is 0 Å². The van der Waals surface area contributed by atoms with Crippen LogP contribution in [0.2, 0.25) is 0 Å². The highest BCUT2D eigenvalue weighted by molar-refractivity contribution is 5.12. The summed E-state index contributed by atoms with van der Waals surface area (Å²) < 4.78 is 7.30. The van der Waals surface area contributed by atoms with Gasteiger partial charge in [0.1, 0.15) is 6.10 Å². The number of hydrogen-bond acceptors (Lipinski definition) is 3. The second-order valence-corrected chi connectivity index (χ2v) is 4.45. The van der Waals surface area contributed by atoms with Gasteiger partial charge in [0.2, 0.25) is 0 Å². The molecule has 90 valence electrons. The fourth-order valence-corrected chi connectivity index (χ4v) is 2.31. The van der Waals surface area contributed by atoms with Crippen LogP contribution >= 0.6 is 0 Å². The zero-order valence-corrected chi connectivity index (χ0v) is 10.0. The Balaban J connectivity index is 2.14. The molecule has 0 spiro atoms. The molecule has 0 amide bonds. The number of ether oxygens (including phenoxy) is 1. The van der Waals surface area contributed by atoms with Crippen LogP contribution in [-0.2, 0) is 11.3 Å². The summed E-state index contributed by atoms with van der Waals surface area (Å²) in [5.41, 5.74) is 1.89. The molecule has 0 radical (unpaired) electrons. The topological polar surface area (TPSA) is 47.3 Å². The van der Waals surface area contributed by atoms with E-state index in [0.717, 1.165) is 37.4 Å². The minimum Gasteiger partial charge on any atom is -0.386 e. The van der Waals surface area contributed by atoms with Gasteiger partial charge in [0, 0.05) is 19.1 Å². The third kappa shape index (κ3) is 2.28. The number of hydrogen-bond donors (Lipinski definition) is 1. The Kier molecular flexibility index (Phi) is 3.61. The molecule has 0 aliphatic carbocycles. The molecule has 2 rings (SSSR count). The summed E-state index contributed by atoms with van der Waals surface area (Å²) in [6, 6.07) is 1.97. The van der Waals surface area contributed by atoms with Crippen LogP contribution in [0.5, 0.6) is 0 Å². The van der Waals surface area contributed by atoms with Crippen LogP contribution in [0.15, 0.2) is 6.07 Å². The highest BCUT2D eigenvalue weighted by atomic mass is 16.5. The number of aryl methyl sites for hydroxylation is 2. The SMILES string of the molecule is CCn1nc(C)cc1C(O)C1CCCOC1. The van der Waals surface area contributed by atoms with Gasteiger partial charge in [-0.1, -0.05) is 0 Å². The molecule has 0 bridgehead atoms. The van der Waals surface area contributed by atoms with Crippen LogP contribution in [0, 0.1) is 12.8 Å². The maximum absolute atomic E-state index is 10.3. The zero-order valence-electron chi connectivity index (χ0n) is 10.0. The lowest BCUT2D eigenvalue weighted by molar-refractivity contribution is -0.0131. The van der Waals surface area contributed by atoms with Gasteiger partial charge in [-0.2, -0.15) is 5.10 Å². The largest absolute Gasteiger partial charge is 0.386 e. The number of aromatic nitrogens is 2. The quantitative estimate of drug-likeness (QED) is 0.849. The molecule has 1 aromatic rings. The molecule has 2 heterocycles. The molecule has 1 aliphatic heterocycles. The Hall–Kier alpha value is -0.870. The van der Waals surface area contributed by atoms with Crippen molar-refractivity contribution in [3.63, 3.8) is 0 Å². The molecule has 1 saturated heterocycles. The summed E-state index contributed by atoms with van der Waals surface area (Å²) in [6.45, 7) is 6.29. The highest BCUT2D eigenvalue weighted by Crippen LogP contribution is 2.28. The lowest BCUT2D eigenvalue weighted by atomic mass is 9.94. The second kappa shape index (κ2) is 4.97. The van der Waals surface area contributed by atoms with E-state index in [9.17, 15) is 5.11 Å². The third-order valence-corrected chi connectivity index (χ3v) is 3.18. The predicted molar refractivity (Wildman–Crippen MR) is 61.1 cm³/mol. The van der Waals surface area contributed by atoms with Gasteiger partial charge in [-0.25, -0.2) is 0 Å². The van der Waals surface area contributed by atoms with Crippen LogP contribution in [0.3, 0.4) is 0 Å². The monoisotopic (exact) mass is 224 g/mol. The molecule has 4 nitrogen and oxygen atoms in total. The molecule has 1 aromatic heterocycles. The van der Waals surface area contributed by atoms with E-state index >= 15 is 0 Å². The first-order valence-corrected chi connectivity index (χ1v) is 6.02. The normalized spacial score (nSPS) is 23.3. The predicted octanol–water partition coefficient (Wildman–Crippen LogP) is 1.67. The summed E-state index contributed by atoms with van der Waals surface area (Å²) in [5, 5.41) is 14.7. The summed E-state index contributed by atoms with van der Waals surface area (Å²) in [5.74, 6) is 0.218. The number of aliphatic hydroxyl groups excluding tert-OH is 1. The van der Waals surface area contributed by atoms with E-state index < -0.39 is 6.10 Å². The first kappa shape index (κ1) is 11.6. The van der Waals surface area contributed by atoms with Gasteiger partial charge >= 0.3 is 0 Å². The Labute approximate surface area is 96.2 Å². The van der Waals surface area contributed by atoms with E-state index in [0.29, 0.717) is 6.61 Å². The molecule has 1 N–H and O–H groups in total. The van der Waals surface area contributed by atoms with Gasteiger partial charge in [-0.15, -0.1) is 0 Å². The Morgan fingerprint density at radius 2 is 2.50 bits per heavy atom. The van der Waals surface area contributed by atoms with Crippen molar-refractivity contribution in [2.24, 2.45) is 5.92 Å². The van der Waals surface area contributed by atoms with Gasteiger partial charge in [0.05, 0.1) is 18.0 Å². The van der Waals surface area contributed by atoms with Crippen LogP contribution in [0.1, 0.15) is 37.3 Å². The standard InChI is InChI=1S/C12H20N2O2/c1-3-14-11(7-9(2)13-14)12(15)10-5-4-6-16-8-10/h7,10,12,15H,3-6,8H2,1-2H3. The van der Waals surface area contributed by atoms with Crippen LogP contribution in [0.4, 0.5) is 0 Å².